The van der Waals surface area contributed by atoms with Crippen LogP contribution >= 0.6 is 15.9 Å². The number of nitrogens with two attached hydrogens (primary N) is 1. The van der Waals surface area contributed by atoms with E-state index in [0.717, 1.165) is 5.56 Å². The number of anilines is 1. The lowest BCUT2D eigenvalue weighted by molar-refractivity contribution is -0.138. The van der Waals surface area contributed by atoms with Crippen LogP contribution in [0.5, 0.6) is 0 Å². The molecule has 6 nitrogen and oxygen atoms in total. The van der Waals surface area contributed by atoms with Gasteiger partial charge in [0.05, 0.1) is 5.75 Å². The Morgan fingerprint density at radius 2 is 1.95 bits per heavy atom. The molecule has 8 heteroatoms. The molecule has 0 saturated carbocycles. The van der Waals surface area contributed by atoms with Crippen LogP contribution in [0.1, 0.15) is 12.0 Å². The Hall–Kier alpha value is -1.12. The number of sulfonamides is 1. The van der Waals surface area contributed by atoms with Crippen molar-refractivity contribution in [2.75, 3.05) is 15.8 Å². The molecule has 112 valence electrons. The second kappa shape index (κ2) is 7.61. The molecule has 1 aromatic rings. The van der Waals surface area contributed by atoms with Gasteiger partial charge in [0.25, 0.3) is 0 Å². The SMILES string of the molecule is NC(Cc1ccc(NS(=O)(=O)CCCBr)cc1)C(=O)O. The molecular formula is C12H17BrN2O4S. The van der Waals surface area contributed by atoms with Gasteiger partial charge in [-0.15, -0.1) is 0 Å². The molecule has 0 heterocycles. The first-order valence-corrected chi connectivity index (χ1v) is 8.75. The van der Waals surface area contributed by atoms with E-state index in [2.05, 4.69) is 20.7 Å². The summed E-state index contributed by atoms with van der Waals surface area (Å²) < 4.78 is 25.8. The topological polar surface area (TPSA) is 109 Å². The number of alkyl halides is 1. The molecule has 0 aromatic heterocycles. The summed E-state index contributed by atoms with van der Waals surface area (Å²) in [5.74, 6) is -1.02. The van der Waals surface area contributed by atoms with Crippen molar-refractivity contribution in [1.29, 1.82) is 0 Å². The van der Waals surface area contributed by atoms with Crippen molar-refractivity contribution in [2.24, 2.45) is 5.73 Å². The Bertz CT molecular complexity index is 545. The quantitative estimate of drug-likeness (QED) is 0.599. The van der Waals surface area contributed by atoms with Gasteiger partial charge in [0.15, 0.2) is 0 Å². The van der Waals surface area contributed by atoms with Crippen LogP contribution in [-0.4, -0.2) is 36.6 Å². The van der Waals surface area contributed by atoms with Gasteiger partial charge in [0.2, 0.25) is 10.0 Å². The van der Waals surface area contributed by atoms with Crippen LogP contribution in [0.15, 0.2) is 24.3 Å². The number of carbonyl (C=O) groups is 1. The molecule has 20 heavy (non-hydrogen) atoms. The monoisotopic (exact) mass is 364 g/mol. The fourth-order valence-electron chi connectivity index (χ4n) is 1.53. The zero-order valence-corrected chi connectivity index (χ0v) is 13.2. The molecule has 0 spiro atoms. The number of halogens is 1. The number of hydrogen-bond donors (Lipinski definition) is 3. The summed E-state index contributed by atoms with van der Waals surface area (Å²) >= 11 is 3.18. The summed E-state index contributed by atoms with van der Waals surface area (Å²) in [7, 11) is -3.34. The van der Waals surface area contributed by atoms with Gasteiger partial charge in [-0.2, -0.15) is 0 Å². The molecule has 0 fully saturated rings. The fraction of sp³-hybridized carbons (Fsp3) is 0.417. The molecule has 0 saturated heterocycles. The fourth-order valence-corrected chi connectivity index (χ4v) is 3.30. The highest BCUT2D eigenvalue weighted by molar-refractivity contribution is 9.09. The van der Waals surface area contributed by atoms with Crippen LogP contribution in [0.3, 0.4) is 0 Å². The largest absolute Gasteiger partial charge is 0.480 e. The van der Waals surface area contributed by atoms with E-state index >= 15 is 0 Å². The average molecular weight is 365 g/mol. The lowest BCUT2D eigenvalue weighted by atomic mass is 10.1. The lowest BCUT2D eigenvalue weighted by Gasteiger charge is -2.09. The van der Waals surface area contributed by atoms with Crippen molar-refractivity contribution in [3.63, 3.8) is 0 Å². The van der Waals surface area contributed by atoms with Crippen LogP contribution in [0, 0.1) is 0 Å². The Kier molecular flexibility index (Phi) is 6.44. The van der Waals surface area contributed by atoms with Gasteiger partial charge in [0, 0.05) is 11.0 Å². The Morgan fingerprint density at radius 3 is 2.45 bits per heavy atom. The number of carboxylic acids is 1. The summed E-state index contributed by atoms with van der Waals surface area (Å²) in [4.78, 5) is 10.6. The number of nitrogens with one attached hydrogen (secondary N) is 1. The summed E-state index contributed by atoms with van der Waals surface area (Å²) in [6.07, 6.45) is 0.729. The predicted octanol–water partition coefficient (Wildman–Crippen LogP) is 1.17. The van der Waals surface area contributed by atoms with E-state index < -0.39 is 22.0 Å². The van der Waals surface area contributed by atoms with Crippen molar-refractivity contribution >= 4 is 37.6 Å². The highest BCUT2D eigenvalue weighted by Gasteiger charge is 2.13. The number of carboxylic acid groups (broad SMARTS) is 1. The molecule has 0 amide bonds. The Balaban J connectivity index is 2.65. The van der Waals surface area contributed by atoms with Gasteiger partial charge in [-0.3, -0.25) is 9.52 Å². The molecule has 1 unspecified atom stereocenters. The van der Waals surface area contributed by atoms with Crippen molar-refractivity contribution < 1.29 is 18.3 Å². The second-order valence-electron chi connectivity index (χ2n) is 4.31. The molecule has 0 radical (unpaired) electrons. The Morgan fingerprint density at radius 1 is 1.35 bits per heavy atom. The molecule has 1 rings (SSSR count). The highest BCUT2D eigenvalue weighted by Crippen LogP contribution is 2.13. The minimum atomic E-state index is -3.34. The van der Waals surface area contributed by atoms with Crippen LogP contribution in [0.2, 0.25) is 0 Å². The van der Waals surface area contributed by atoms with Crippen LogP contribution in [-0.2, 0) is 21.2 Å². The first-order chi connectivity index (χ1) is 9.34. The second-order valence-corrected chi connectivity index (χ2v) is 6.94. The third-order valence-electron chi connectivity index (χ3n) is 2.55. The van der Waals surface area contributed by atoms with Gasteiger partial charge in [0.1, 0.15) is 6.04 Å². The Labute approximate surface area is 126 Å². The predicted molar refractivity (Wildman–Crippen MR) is 81.6 cm³/mol. The average Bonchev–Trinajstić information content (AvgIpc) is 2.38. The third-order valence-corrected chi connectivity index (χ3v) is 4.48. The van der Waals surface area contributed by atoms with E-state index in [-0.39, 0.29) is 12.2 Å². The zero-order valence-electron chi connectivity index (χ0n) is 10.8. The molecule has 1 atom stereocenters. The number of benzene rings is 1. The normalized spacial score (nSPS) is 12.9. The van der Waals surface area contributed by atoms with Gasteiger partial charge in [-0.05, 0) is 30.5 Å². The first-order valence-electron chi connectivity index (χ1n) is 5.98. The van der Waals surface area contributed by atoms with Crippen LogP contribution < -0.4 is 10.5 Å². The van der Waals surface area contributed by atoms with E-state index in [1.165, 1.54) is 0 Å². The van der Waals surface area contributed by atoms with E-state index in [1.54, 1.807) is 24.3 Å². The van der Waals surface area contributed by atoms with Gasteiger partial charge in [-0.25, -0.2) is 8.42 Å². The van der Waals surface area contributed by atoms with E-state index in [1.807, 2.05) is 0 Å². The lowest BCUT2D eigenvalue weighted by Crippen LogP contribution is -2.32. The molecular weight excluding hydrogens is 348 g/mol. The van der Waals surface area contributed by atoms with Crippen molar-refractivity contribution in [3.8, 4) is 0 Å². The maximum absolute atomic E-state index is 11.7. The number of rotatable bonds is 8. The molecule has 4 N–H and O–H groups in total. The van der Waals surface area contributed by atoms with Gasteiger partial charge < -0.3 is 10.8 Å². The van der Waals surface area contributed by atoms with Crippen LogP contribution in [0.4, 0.5) is 5.69 Å². The van der Waals surface area contributed by atoms with Crippen molar-refractivity contribution in [2.45, 2.75) is 18.9 Å². The summed E-state index contributed by atoms with van der Waals surface area (Å²) in [6, 6.07) is 5.54. The standard InChI is InChI=1S/C12H17BrN2O4S/c13-6-1-7-20(18,19)15-10-4-2-9(3-5-10)8-11(14)12(16)17/h2-5,11,15H,1,6-8,14H2,(H,16,17). The third kappa shape index (κ3) is 5.89. The smallest absolute Gasteiger partial charge is 0.320 e. The van der Waals surface area contributed by atoms with E-state index in [9.17, 15) is 13.2 Å². The number of aliphatic carboxylic acids is 1. The zero-order chi connectivity index (χ0) is 15.2. The van der Waals surface area contributed by atoms with Gasteiger partial charge >= 0.3 is 5.97 Å². The summed E-state index contributed by atoms with van der Waals surface area (Å²) in [5, 5.41) is 9.34. The summed E-state index contributed by atoms with van der Waals surface area (Å²) in [5.41, 5.74) is 6.62. The molecule has 0 aliphatic heterocycles. The molecule has 0 aliphatic carbocycles. The number of hydrogen-bond acceptors (Lipinski definition) is 4. The molecule has 1 aromatic carbocycles. The van der Waals surface area contributed by atoms with Crippen molar-refractivity contribution in [1.82, 2.24) is 0 Å². The highest BCUT2D eigenvalue weighted by atomic mass is 79.9. The van der Waals surface area contributed by atoms with E-state index in [4.69, 9.17) is 10.8 Å². The molecule has 0 bridgehead atoms. The molecule has 0 aliphatic rings. The van der Waals surface area contributed by atoms with Gasteiger partial charge in [-0.1, -0.05) is 28.1 Å². The summed E-state index contributed by atoms with van der Waals surface area (Å²) in [6.45, 7) is 0. The van der Waals surface area contributed by atoms with Crippen LogP contribution in [0.25, 0.3) is 0 Å². The maximum atomic E-state index is 11.7. The minimum Gasteiger partial charge on any atom is -0.480 e. The van der Waals surface area contributed by atoms with E-state index in [0.29, 0.717) is 17.4 Å². The van der Waals surface area contributed by atoms with Crippen molar-refractivity contribution in [3.05, 3.63) is 29.8 Å². The first kappa shape index (κ1) is 16.9. The minimum absolute atomic E-state index is 0.0455. The maximum Gasteiger partial charge on any atom is 0.320 e.